The molecule has 0 aliphatic rings. The third-order valence-electron chi connectivity index (χ3n) is 3.25. The molecule has 0 fully saturated rings. The first-order valence-electron chi connectivity index (χ1n) is 7.59. The number of benzene rings is 1. The van der Waals surface area contributed by atoms with Gasteiger partial charge in [-0.1, -0.05) is 18.0 Å². The van der Waals surface area contributed by atoms with E-state index in [1.807, 2.05) is 6.92 Å². The molecule has 0 amide bonds. The van der Waals surface area contributed by atoms with E-state index in [4.69, 9.17) is 16.3 Å². The molecule has 24 heavy (non-hydrogen) atoms. The van der Waals surface area contributed by atoms with Gasteiger partial charge in [0.05, 0.1) is 10.6 Å². The fraction of sp³-hybridized carbons (Fsp3) is 0.562. The van der Waals surface area contributed by atoms with Crippen LogP contribution in [0.15, 0.2) is 18.2 Å². The number of rotatable bonds is 9. The highest BCUT2D eigenvalue weighted by molar-refractivity contribution is 6.33. The standard InChI is InChI=1S/C16H20ClF3O4/c1-2-23-9-5-3-4-6-14(16(18,19)20)24-15(22)12-8-7-11(21)10-13(12)17/h7-8,10,14,21H,2-6,9H2,1H3/t14-/m1/s1. The number of hydrogen-bond donors (Lipinski definition) is 1. The molecule has 8 heteroatoms. The van der Waals surface area contributed by atoms with E-state index in [-0.39, 0.29) is 29.2 Å². The largest absolute Gasteiger partial charge is 0.508 e. The lowest BCUT2D eigenvalue weighted by Crippen LogP contribution is -2.34. The Bertz CT molecular complexity index is 535. The number of halogens is 4. The van der Waals surface area contributed by atoms with Gasteiger partial charge >= 0.3 is 12.1 Å². The van der Waals surface area contributed by atoms with Crippen molar-refractivity contribution in [3.63, 3.8) is 0 Å². The van der Waals surface area contributed by atoms with Gasteiger partial charge in [-0.25, -0.2) is 4.79 Å². The molecule has 0 bridgehead atoms. The van der Waals surface area contributed by atoms with Crippen molar-refractivity contribution in [2.75, 3.05) is 13.2 Å². The SMILES string of the molecule is CCOCCCCC[C@@H](OC(=O)c1ccc(O)cc1Cl)C(F)(F)F. The zero-order chi connectivity index (χ0) is 18.2. The van der Waals surface area contributed by atoms with Gasteiger partial charge in [0, 0.05) is 13.2 Å². The highest BCUT2D eigenvalue weighted by Gasteiger charge is 2.42. The zero-order valence-electron chi connectivity index (χ0n) is 13.2. The Balaban J connectivity index is 2.61. The first-order chi connectivity index (χ1) is 11.3. The fourth-order valence-electron chi connectivity index (χ4n) is 2.01. The summed E-state index contributed by atoms with van der Waals surface area (Å²) in [6, 6.07) is 3.34. The summed E-state index contributed by atoms with van der Waals surface area (Å²) in [5, 5.41) is 9.04. The number of ether oxygens (including phenoxy) is 2. The van der Waals surface area contributed by atoms with Gasteiger partial charge in [0.15, 0.2) is 6.10 Å². The van der Waals surface area contributed by atoms with Crippen molar-refractivity contribution in [2.24, 2.45) is 0 Å². The molecule has 4 nitrogen and oxygen atoms in total. The molecule has 0 aromatic heterocycles. The second kappa shape index (κ2) is 9.74. The first kappa shape index (κ1) is 20.6. The first-order valence-corrected chi connectivity index (χ1v) is 7.97. The van der Waals surface area contributed by atoms with Gasteiger partial charge in [0.2, 0.25) is 0 Å². The van der Waals surface area contributed by atoms with Gasteiger partial charge in [-0.3, -0.25) is 0 Å². The van der Waals surface area contributed by atoms with Crippen LogP contribution in [-0.2, 0) is 9.47 Å². The predicted octanol–water partition coefficient (Wildman–Crippen LogP) is 4.73. The van der Waals surface area contributed by atoms with Gasteiger partial charge in [0.1, 0.15) is 5.75 Å². The zero-order valence-corrected chi connectivity index (χ0v) is 14.0. The second-order valence-corrected chi connectivity index (χ2v) is 5.55. The van der Waals surface area contributed by atoms with Gasteiger partial charge < -0.3 is 14.6 Å². The molecule has 0 aliphatic carbocycles. The summed E-state index contributed by atoms with van der Waals surface area (Å²) in [4.78, 5) is 11.9. The number of unbranched alkanes of at least 4 members (excludes halogenated alkanes) is 2. The summed E-state index contributed by atoms with van der Waals surface area (Å²) in [6.45, 7) is 2.90. The quantitative estimate of drug-likeness (QED) is 0.505. The van der Waals surface area contributed by atoms with E-state index < -0.39 is 18.2 Å². The van der Waals surface area contributed by atoms with E-state index in [0.29, 0.717) is 26.1 Å². The molecule has 0 saturated heterocycles. The third kappa shape index (κ3) is 6.97. The Labute approximate surface area is 143 Å². The Morgan fingerprint density at radius 2 is 2.00 bits per heavy atom. The Kier molecular flexibility index (Phi) is 8.35. The van der Waals surface area contributed by atoms with Crippen molar-refractivity contribution >= 4 is 17.6 Å². The van der Waals surface area contributed by atoms with Crippen molar-refractivity contribution in [2.45, 2.75) is 44.9 Å². The smallest absolute Gasteiger partial charge is 0.425 e. The van der Waals surface area contributed by atoms with E-state index in [9.17, 15) is 23.1 Å². The maximum absolute atomic E-state index is 13.0. The van der Waals surface area contributed by atoms with Gasteiger partial charge in [-0.05, 0) is 44.4 Å². The number of hydrogen-bond acceptors (Lipinski definition) is 4. The van der Waals surface area contributed by atoms with Gasteiger partial charge in [0.25, 0.3) is 0 Å². The maximum atomic E-state index is 13.0. The lowest BCUT2D eigenvalue weighted by molar-refractivity contribution is -0.206. The van der Waals surface area contributed by atoms with Crippen LogP contribution in [0.5, 0.6) is 5.75 Å². The summed E-state index contributed by atoms with van der Waals surface area (Å²) >= 11 is 5.74. The van der Waals surface area contributed by atoms with Crippen LogP contribution in [0.2, 0.25) is 5.02 Å². The van der Waals surface area contributed by atoms with Gasteiger partial charge in [-0.2, -0.15) is 13.2 Å². The van der Waals surface area contributed by atoms with E-state index in [2.05, 4.69) is 4.74 Å². The van der Waals surface area contributed by atoms with Crippen LogP contribution < -0.4 is 0 Å². The average Bonchev–Trinajstić information content (AvgIpc) is 2.48. The van der Waals surface area contributed by atoms with E-state index >= 15 is 0 Å². The van der Waals surface area contributed by atoms with E-state index in [1.165, 1.54) is 0 Å². The lowest BCUT2D eigenvalue weighted by atomic mass is 10.1. The minimum Gasteiger partial charge on any atom is -0.508 e. The maximum Gasteiger partial charge on any atom is 0.425 e. The molecule has 0 heterocycles. The van der Waals surface area contributed by atoms with Crippen LogP contribution in [0.4, 0.5) is 13.2 Å². The number of alkyl halides is 3. The molecule has 1 aromatic carbocycles. The number of carbonyl (C=O) groups excluding carboxylic acids is 1. The molecular formula is C16H20ClF3O4. The molecule has 0 aliphatic heterocycles. The Hall–Kier alpha value is -1.47. The number of esters is 1. The fourth-order valence-corrected chi connectivity index (χ4v) is 2.26. The van der Waals surface area contributed by atoms with Crippen LogP contribution in [0.3, 0.4) is 0 Å². The van der Waals surface area contributed by atoms with E-state index in [0.717, 1.165) is 18.2 Å². The number of carbonyl (C=O) groups is 1. The molecular weight excluding hydrogens is 349 g/mol. The van der Waals surface area contributed by atoms with Crippen molar-refractivity contribution in [1.29, 1.82) is 0 Å². The van der Waals surface area contributed by atoms with Crippen molar-refractivity contribution < 1.29 is 32.5 Å². The molecule has 1 N–H and O–H groups in total. The summed E-state index contributed by atoms with van der Waals surface area (Å²) in [5.41, 5.74) is -0.222. The normalized spacial score (nSPS) is 12.9. The summed E-state index contributed by atoms with van der Waals surface area (Å²) in [6.07, 6.45) is -5.72. The molecule has 1 rings (SSSR count). The summed E-state index contributed by atoms with van der Waals surface area (Å²) < 4.78 is 48.7. The lowest BCUT2D eigenvalue weighted by Gasteiger charge is -2.21. The number of aromatic hydroxyl groups is 1. The van der Waals surface area contributed by atoms with Crippen LogP contribution in [0.25, 0.3) is 0 Å². The van der Waals surface area contributed by atoms with Crippen LogP contribution in [0.1, 0.15) is 43.0 Å². The second-order valence-electron chi connectivity index (χ2n) is 5.15. The average molecular weight is 369 g/mol. The minimum atomic E-state index is -4.65. The molecule has 0 spiro atoms. The molecule has 0 unspecified atom stereocenters. The molecule has 0 saturated carbocycles. The topological polar surface area (TPSA) is 55.8 Å². The van der Waals surface area contributed by atoms with Crippen LogP contribution in [0, 0.1) is 0 Å². The van der Waals surface area contributed by atoms with Gasteiger partial charge in [-0.15, -0.1) is 0 Å². The molecule has 0 radical (unpaired) electrons. The van der Waals surface area contributed by atoms with Crippen molar-refractivity contribution in [3.8, 4) is 5.75 Å². The van der Waals surface area contributed by atoms with Crippen LogP contribution in [-0.4, -0.2) is 36.6 Å². The van der Waals surface area contributed by atoms with Crippen LogP contribution >= 0.6 is 11.6 Å². The Morgan fingerprint density at radius 1 is 1.29 bits per heavy atom. The number of phenolic OH excluding ortho intramolecular Hbond substituents is 1. The third-order valence-corrected chi connectivity index (χ3v) is 3.56. The minimum absolute atomic E-state index is 0.169. The monoisotopic (exact) mass is 368 g/mol. The highest BCUT2D eigenvalue weighted by atomic mass is 35.5. The van der Waals surface area contributed by atoms with E-state index in [1.54, 1.807) is 0 Å². The molecule has 1 atom stereocenters. The predicted molar refractivity (Wildman–Crippen MR) is 83.3 cm³/mol. The summed E-state index contributed by atoms with van der Waals surface area (Å²) in [5.74, 6) is -1.37. The van der Waals surface area contributed by atoms with Crippen molar-refractivity contribution in [1.82, 2.24) is 0 Å². The van der Waals surface area contributed by atoms with Crippen molar-refractivity contribution in [3.05, 3.63) is 28.8 Å². The number of phenols is 1. The highest BCUT2D eigenvalue weighted by Crippen LogP contribution is 2.29. The molecule has 1 aromatic rings. The Morgan fingerprint density at radius 3 is 2.58 bits per heavy atom. The molecule has 136 valence electrons. The summed E-state index contributed by atoms with van der Waals surface area (Å²) in [7, 11) is 0.